The molecule has 3 aliphatic rings. The maximum Gasteiger partial charge on any atom is 0.226 e. The number of likely N-dealkylation sites (tertiary alicyclic amines) is 1. The van der Waals surface area contributed by atoms with Crippen molar-refractivity contribution in [2.75, 3.05) is 13.2 Å². The first-order valence-electron chi connectivity index (χ1n) is 8.57. The third-order valence-corrected chi connectivity index (χ3v) is 5.79. The molecular formula is C18H22F2N2O2. The van der Waals surface area contributed by atoms with Crippen LogP contribution in [-0.2, 0) is 16.1 Å². The Balaban J connectivity index is 1.61. The van der Waals surface area contributed by atoms with E-state index >= 15 is 0 Å². The molecule has 0 aliphatic carbocycles. The van der Waals surface area contributed by atoms with Gasteiger partial charge >= 0.3 is 0 Å². The second-order valence-electron chi connectivity index (χ2n) is 7.37. The molecule has 6 heteroatoms. The van der Waals surface area contributed by atoms with Crippen molar-refractivity contribution < 1.29 is 18.3 Å². The van der Waals surface area contributed by atoms with Gasteiger partial charge in [0, 0.05) is 31.5 Å². The van der Waals surface area contributed by atoms with Crippen LogP contribution in [-0.4, -0.2) is 46.7 Å². The molecule has 3 heterocycles. The predicted molar refractivity (Wildman–Crippen MR) is 83.9 cm³/mol. The number of ether oxygens (including phenoxy) is 1. The third kappa shape index (κ3) is 2.12. The molecule has 0 unspecified atom stereocenters. The van der Waals surface area contributed by atoms with Crippen molar-refractivity contribution in [2.24, 2.45) is 5.92 Å². The molecule has 0 saturated carbocycles. The first kappa shape index (κ1) is 16.0. The van der Waals surface area contributed by atoms with Gasteiger partial charge in [0.25, 0.3) is 0 Å². The summed E-state index contributed by atoms with van der Waals surface area (Å²) < 4.78 is 34.1. The Bertz CT molecular complexity index is 661. The van der Waals surface area contributed by atoms with Crippen LogP contribution in [0.2, 0.25) is 0 Å². The summed E-state index contributed by atoms with van der Waals surface area (Å²) in [5.41, 5.74) is -0.535. The van der Waals surface area contributed by atoms with Crippen LogP contribution >= 0.6 is 0 Å². The lowest BCUT2D eigenvalue weighted by Gasteiger charge is -2.34. The Labute approximate surface area is 140 Å². The van der Waals surface area contributed by atoms with Crippen LogP contribution < -0.4 is 0 Å². The zero-order valence-corrected chi connectivity index (χ0v) is 14.0. The number of hydrogen-bond acceptors (Lipinski definition) is 3. The lowest BCUT2D eigenvalue weighted by atomic mass is 10.0. The molecule has 24 heavy (non-hydrogen) atoms. The van der Waals surface area contributed by atoms with Crippen LogP contribution in [0.1, 0.15) is 32.3 Å². The van der Waals surface area contributed by atoms with Crippen LogP contribution in [0, 0.1) is 17.6 Å². The van der Waals surface area contributed by atoms with E-state index in [1.165, 1.54) is 18.2 Å². The van der Waals surface area contributed by atoms with Crippen LogP contribution in [0.4, 0.5) is 8.78 Å². The number of carbonyl (C=O) groups is 1. The highest BCUT2D eigenvalue weighted by Gasteiger charge is 2.64. The van der Waals surface area contributed by atoms with Gasteiger partial charge in [-0.1, -0.05) is 19.9 Å². The molecule has 4 rings (SSSR count). The maximum atomic E-state index is 14.0. The zero-order chi connectivity index (χ0) is 17.1. The first-order valence-corrected chi connectivity index (χ1v) is 8.57. The minimum Gasteiger partial charge on any atom is -0.352 e. The minimum absolute atomic E-state index is 0.0684. The molecule has 3 aliphatic heterocycles. The summed E-state index contributed by atoms with van der Waals surface area (Å²) in [7, 11) is 0. The smallest absolute Gasteiger partial charge is 0.226 e. The number of hydrogen-bond donors (Lipinski definition) is 0. The summed E-state index contributed by atoms with van der Waals surface area (Å²) in [4.78, 5) is 16.5. The van der Waals surface area contributed by atoms with Crippen LogP contribution in [0.3, 0.4) is 0 Å². The number of nitrogens with zero attached hydrogens (tertiary/aromatic N) is 2. The molecule has 0 aromatic heterocycles. The van der Waals surface area contributed by atoms with Gasteiger partial charge in [0.15, 0.2) is 5.72 Å². The predicted octanol–water partition coefficient (Wildman–Crippen LogP) is 2.52. The van der Waals surface area contributed by atoms with Crippen molar-refractivity contribution in [3.63, 3.8) is 0 Å². The van der Waals surface area contributed by atoms with E-state index in [4.69, 9.17) is 4.74 Å². The van der Waals surface area contributed by atoms with E-state index in [1.54, 1.807) is 0 Å². The normalized spacial score (nSPS) is 32.7. The van der Waals surface area contributed by atoms with Crippen molar-refractivity contribution in [3.05, 3.63) is 35.4 Å². The zero-order valence-electron chi connectivity index (χ0n) is 14.0. The average molecular weight is 336 g/mol. The fourth-order valence-electron chi connectivity index (χ4n) is 4.53. The van der Waals surface area contributed by atoms with E-state index in [1.807, 2.05) is 9.80 Å². The first-order chi connectivity index (χ1) is 11.4. The van der Waals surface area contributed by atoms with Gasteiger partial charge in [-0.25, -0.2) is 8.78 Å². The van der Waals surface area contributed by atoms with Gasteiger partial charge in [0.05, 0.1) is 18.7 Å². The Kier molecular flexibility index (Phi) is 3.65. The Morgan fingerprint density at radius 2 is 2.04 bits per heavy atom. The quantitative estimate of drug-likeness (QED) is 0.850. The lowest BCUT2D eigenvalue weighted by Crippen LogP contribution is -2.50. The third-order valence-electron chi connectivity index (χ3n) is 5.79. The summed E-state index contributed by atoms with van der Waals surface area (Å²) in [6.07, 6.45) is 1.06. The van der Waals surface area contributed by atoms with Gasteiger partial charge < -0.3 is 9.64 Å². The fraction of sp³-hybridized carbons (Fsp3) is 0.611. The van der Waals surface area contributed by atoms with E-state index in [0.717, 1.165) is 0 Å². The SMILES string of the molecule is CC(C)[C@@H]1CO[C@@]23CCN(Cc4c(F)cccc4F)[C@@H]2CC(=O)N13. The van der Waals surface area contributed by atoms with E-state index in [0.29, 0.717) is 31.9 Å². The van der Waals surface area contributed by atoms with Crippen LogP contribution in [0.25, 0.3) is 0 Å². The van der Waals surface area contributed by atoms with Crippen molar-refractivity contribution in [3.8, 4) is 0 Å². The molecular weight excluding hydrogens is 314 g/mol. The average Bonchev–Trinajstić information content (AvgIpc) is 3.14. The topological polar surface area (TPSA) is 32.8 Å². The highest BCUT2D eigenvalue weighted by atomic mass is 19.1. The lowest BCUT2D eigenvalue weighted by molar-refractivity contribution is -0.139. The van der Waals surface area contributed by atoms with Crippen molar-refractivity contribution in [1.82, 2.24) is 9.80 Å². The van der Waals surface area contributed by atoms with Gasteiger partial charge in [0.1, 0.15) is 11.6 Å². The summed E-state index contributed by atoms with van der Waals surface area (Å²) >= 11 is 0. The molecule has 3 saturated heterocycles. The molecule has 1 aromatic rings. The summed E-state index contributed by atoms with van der Waals surface area (Å²) in [6, 6.07) is 3.88. The number of rotatable bonds is 3. The van der Waals surface area contributed by atoms with Gasteiger partial charge in [-0.15, -0.1) is 0 Å². The van der Waals surface area contributed by atoms with E-state index in [9.17, 15) is 13.6 Å². The van der Waals surface area contributed by atoms with Crippen molar-refractivity contribution >= 4 is 5.91 Å². The molecule has 1 amide bonds. The second kappa shape index (κ2) is 5.49. The van der Waals surface area contributed by atoms with E-state index in [2.05, 4.69) is 13.8 Å². The van der Waals surface area contributed by atoms with Gasteiger partial charge in [-0.2, -0.15) is 0 Å². The number of benzene rings is 1. The van der Waals surface area contributed by atoms with E-state index < -0.39 is 17.4 Å². The van der Waals surface area contributed by atoms with Gasteiger partial charge in [-0.3, -0.25) is 9.69 Å². The van der Waals surface area contributed by atoms with Crippen LogP contribution in [0.15, 0.2) is 18.2 Å². The fourth-order valence-corrected chi connectivity index (χ4v) is 4.53. The summed E-state index contributed by atoms with van der Waals surface area (Å²) in [5.74, 6) is -0.658. The molecule has 0 radical (unpaired) electrons. The minimum atomic E-state index is -0.603. The number of amides is 1. The highest BCUT2D eigenvalue weighted by molar-refractivity contribution is 5.82. The molecule has 1 aromatic carbocycles. The number of carbonyl (C=O) groups excluding carboxylic acids is 1. The molecule has 3 fully saturated rings. The van der Waals surface area contributed by atoms with Crippen molar-refractivity contribution in [1.29, 1.82) is 0 Å². The maximum absolute atomic E-state index is 14.0. The molecule has 3 atom stereocenters. The summed E-state index contributed by atoms with van der Waals surface area (Å²) in [5, 5.41) is 0. The molecule has 4 nitrogen and oxygen atoms in total. The van der Waals surface area contributed by atoms with Crippen molar-refractivity contribution in [2.45, 2.75) is 51.0 Å². The molecule has 130 valence electrons. The monoisotopic (exact) mass is 336 g/mol. The molecule has 0 N–H and O–H groups in total. The van der Waals surface area contributed by atoms with Crippen LogP contribution in [0.5, 0.6) is 0 Å². The Morgan fingerprint density at radius 3 is 2.71 bits per heavy atom. The second-order valence-corrected chi connectivity index (χ2v) is 7.37. The number of halogens is 2. The standard InChI is InChI=1S/C18H22F2N2O2/c1-11(2)15-10-24-18-6-7-21(16(18)8-17(23)22(15)18)9-12-13(19)4-3-5-14(12)20/h3-5,11,15-16H,6-10H2,1-2H3/t15-,16+,18-/m0/s1. The highest BCUT2D eigenvalue weighted by Crippen LogP contribution is 2.49. The van der Waals surface area contributed by atoms with Gasteiger partial charge in [-0.05, 0) is 18.1 Å². The Hall–Kier alpha value is -1.53. The van der Waals surface area contributed by atoms with E-state index in [-0.39, 0.29) is 30.1 Å². The van der Waals surface area contributed by atoms with Gasteiger partial charge in [0.2, 0.25) is 5.91 Å². The molecule has 0 bridgehead atoms. The molecule has 1 spiro atoms. The Morgan fingerprint density at radius 1 is 1.33 bits per heavy atom. The summed E-state index contributed by atoms with van der Waals surface area (Å²) in [6.45, 7) is 5.57. The largest absolute Gasteiger partial charge is 0.352 e.